The van der Waals surface area contributed by atoms with E-state index in [1.807, 2.05) is 30.7 Å². The van der Waals surface area contributed by atoms with Gasteiger partial charge in [-0.05, 0) is 46.8 Å². The van der Waals surface area contributed by atoms with Gasteiger partial charge in [-0.2, -0.15) is 0 Å². The number of likely N-dealkylation sites (N-methyl/N-ethyl adjacent to an activating group) is 2. The minimum Gasteiger partial charge on any atom is -0.388 e. The molecule has 1 saturated heterocycles. The van der Waals surface area contributed by atoms with Gasteiger partial charge in [-0.1, -0.05) is 0 Å². The van der Waals surface area contributed by atoms with Crippen LogP contribution in [0.25, 0.3) is 0 Å². The van der Waals surface area contributed by atoms with E-state index >= 15 is 0 Å². The molecule has 2 N–H and O–H groups in total. The number of rotatable bonds is 6. The van der Waals surface area contributed by atoms with Gasteiger partial charge in [-0.3, -0.25) is 9.69 Å². The van der Waals surface area contributed by atoms with Crippen molar-refractivity contribution >= 4 is 5.91 Å². The third kappa shape index (κ3) is 4.55. The normalized spacial score (nSPS) is 18.9. The minimum absolute atomic E-state index is 0.139. The molecule has 1 amide bonds. The molecule has 0 atom stereocenters. The maximum atomic E-state index is 12.0. The predicted octanol–water partition coefficient (Wildman–Crippen LogP) is -0.0989. The molecular formula is C13H27N3O2. The Labute approximate surface area is 110 Å². The summed E-state index contributed by atoms with van der Waals surface area (Å²) in [5, 5.41) is 13.6. The molecule has 1 fully saturated rings. The largest absolute Gasteiger partial charge is 0.388 e. The Balaban J connectivity index is 2.40. The maximum Gasteiger partial charge on any atom is 0.236 e. The summed E-state index contributed by atoms with van der Waals surface area (Å²) in [7, 11) is 1.90. The number of aliphatic hydroxyl groups is 1. The van der Waals surface area contributed by atoms with Crippen LogP contribution in [0.1, 0.15) is 26.7 Å². The molecule has 1 aliphatic heterocycles. The molecule has 5 heteroatoms. The standard InChI is InChI=1S/C13H27N3O2/c1-4-16(5-2)12(17)10-15(3)11-13(18)6-8-14-9-7-13/h14,18H,4-11H2,1-3H3. The molecule has 0 saturated carbocycles. The number of hydrogen-bond donors (Lipinski definition) is 2. The highest BCUT2D eigenvalue weighted by molar-refractivity contribution is 5.78. The molecule has 1 rings (SSSR count). The van der Waals surface area contributed by atoms with Gasteiger partial charge >= 0.3 is 0 Å². The van der Waals surface area contributed by atoms with E-state index in [0.717, 1.165) is 39.0 Å². The lowest BCUT2D eigenvalue weighted by Crippen LogP contribution is -2.50. The molecule has 0 aliphatic carbocycles. The Morgan fingerprint density at radius 3 is 2.33 bits per heavy atom. The Morgan fingerprint density at radius 1 is 1.28 bits per heavy atom. The van der Waals surface area contributed by atoms with Crippen LogP contribution in [0.2, 0.25) is 0 Å². The first-order valence-corrected chi connectivity index (χ1v) is 6.90. The van der Waals surface area contributed by atoms with Crippen molar-refractivity contribution < 1.29 is 9.90 Å². The van der Waals surface area contributed by atoms with Crippen LogP contribution in [-0.4, -0.2) is 72.7 Å². The van der Waals surface area contributed by atoms with Gasteiger partial charge in [0.15, 0.2) is 0 Å². The Morgan fingerprint density at radius 2 is 1.83 bits per heavy atom. The van der Waals surface area contributed by atoms with E-state index in [4.69, 9.17) is 0 Å². The molecule has 0 radical (unpaired) electrons. The first-order chi connectivity index (χ1) is 8.50. The third-order valence-electron chi connectivity index (χ3n) is 3.62. The van der Waals surface area contributed by atoms with Crippen molar-refractivity contribution in [1.29, 1.82) is 0 Å². The second-order valence-corrected chi connectivity index (χ2v) is 5.21. The lowest BCUT2D eigenvalue weighted by molar-refractivity contribution is -0.132. The zero-order chi connectivity index (χ0) is 13.6. The van der Waals surface area contributed by atoms with Gasteiger partial charge in [0.25, 0.3) is 0 Å². The fourth-order valence-corrected chi connectivity index (χ4v) is 2.52. The zero-order valence-corrected chi connectivity index (χ0v) is 11.9. The number of hydrogen-bond acceptors (Lipinski definition) is 4. The topological polar surface area (TPSA) is 55.8 Å². The first kappa shape index (κ1) is 15.4. The molecule has 5 nitrogen and oxygen atoms in total. The molecule has 0 unspecified atom stereocenters. The summed E-state index contributed by atoms with van der Waals surface area (Å²) in [6, 6.07) is 0. The van der Waals surface area contributed by atoms with Crippen LogP contribution in [0.4, 0.5) is 0 Å². The van der Waals surface area contributed by atoms with E-state index < -0.39 is 5.60 Å². The van der Waals surface area contributed by atoms with E-state index in [2.05, 4.69) is 5.32 Å². The lowest BCUT2D eigenvalue weighted by atomic mass is 9.92. The van der Waals surface area contributed by atoms with E-state index in [0.29, 0.717) is 13.1 Å². The summed E-state index contributed by atoms with van der Waals surface area (Å²) < 4.78 is 0. The summed E-state index contributed by atoms with van der Waals surface area (Å²) in [4.78, 5) is 15.7. The number of amides is 1. The molecule has 106 valence electrons. The van der Waals surface area contributed by atoms with Crippen LogP contribution in [-0.2, 0) is 4.79 Å². The quantitative estimate of drug-likeness (QED) is 0.698. The Bertz CT molecular complexity index is 261. The lowest BCUT2D eigenvalue weighted by Gasteiger charge is -2.36. The van der Waals surface area contributed by atoms with Gasteiger partial charge in [-0.15, -0.1) is 0 Å². The smallest absolute Gasteiger partial charge is 0.236 e. The molecule has 1 aliphatic rings. The Hall–Kier alpha value is -0.650. The summed E-state index contributed by atoms with van der Waals surface area (Å²) in [6.45, 7) is 8.14. The fraction of sp³-hybridized carbons (Fsp3) is 0.923. The van der Waals surface area contributed by atoms with Gasteiger partial charge in [0.2, 0.25) is 5.91 Å². The van der Waals surface area contributed by atoms with E-state index in [9.17, 15) is 9.90 Å². The van der Waals surface area contributed by atoms with Crippen molar-refractivity contribution in [2.75, 3.05) is 46.3 Å². The van der Waals surface area contributed by atoms with Crippen molar-refractivity contribution in [1.82, 2.24) is 15.1 Å². The molecule has 1 heterocycles. The van der Waals surface area contributed by atoms with E-state index in [1.54, 1.807) is 0 Å². The van der Waals surface area contributed by atoms with Crippen molar-refractivity contribution in [3.8, 4) is 0 Å². The van der Waals surface area contributed by atoms with Crippen LogP contribution < -0.4 is 5.32 Å². The second-order valence-electron chi connectivity index (χ2n) is 5.21. The van der Waals surface area contributed by atoms with Crippen LogP contribution in [0.15, 0.2) is 0 Å². The molecular weight excluding hydrogens is 230 g/mol. The van der Waals surface area contributed by atoms with Gasteiger partial charge in [0.05, 0.1) is 12.1 Å². The summed E-state index contributed by atoms with van der Waals surface area (Å²) in [6.07, 6.45) is 1.52. The monoisotopic (exact) mass is 257 g/mol. The number of nitrogens with zero attached hydrogens (tertiary/aromatic N) is 2. The fourth-order valence-electron chi connectivity index (χ4n) is 2.52. The SMILES string of the molecule is CCN(CC)C(=O)CN(C)CC1(O)CCNCC1. The maximum absolute atomic E-state index is 12.0. The number of nitrogens with one attached hydrogen (secondary N) is 1. The summed E-state index contributed by atoms with van der Waals surface area (Å²) in [5.74, 6) is 0.139. The Kier molecular flexibility index (Phi) is 6.05. The van der Waals surface area contributed by atoms with Crippen LogP contribution >= 0.6 is 0 Å². The predicted molar refractivity (Wildman–Crippen MR) is 72.5 cm³/mol. The van der Waals surface area contributed by atoms with Gasteiger partial charge in [-0.25, -0.2) is 0 Å². The van der Waals surface area contributed by atoms with Crippen LogP contribution in [0.3, 0.4) is 0 Å². The first-order valence-electron chi connectivity index (χ1n) is 6.90. The minimum atomic E-state index is -0.635. The van der Waals surface area contributed by atoms with Crippen molar-refractivity contribution in [3.05, 3.63) is 0 Å². The summed E-state index contributed by atoms with van der Waals surface area (Å²) >= 11 is 0. The van der Waals surface area contributed by atoms with Crippen molar-refractivity contribution in [2.45, 2.75) is 32.3 Å². The van der Waals surface area contributed by atoms with Crippen molar-refractivity contribution in [2.24, 2.45) is 0 Å². The molecule has 18 heavy (non-hydrogen) atoms. The summed E-state index contributed by atoms with van der Waals surface area (Å²) in [5.41, 5.74) is -0.635. The second kappa shape index (κ2) is 7.07. The molecule has 0 aromatic rings. The molecule has 0 spiro atoms. The number of carbonyl (C=O) groups excluding carboxylic acids is 1. The van der Waals surface area contributed by atoms with E-state index in [1.165, 1.54) is 0 Å². The highest BCUT2D eigenvalue weighted by Crippen LogP contribution is 2.18. The number of carbonyl (C=O) groups is 1. The zero-order valence-electron chi connectivity index (χ0n) is 11.9. The van der Waals surface area contributed by atoms with Gasteiger partial charge < -0.3 is 15.3 Å². The number of piperidine rings is 1. The van der Waals surface area contributed by atoms with Gasteiger partial charge in [0, 0.05) is 19.6 Å². The van der Waals surface area contributed by atoms with Crippen LogP contribution in [0.5, 0.6) is 0 Å². The third-order valence-corrected chi connectivity index (χ3v) is 3.62. The molecule has 0 bridgehead atoms. The average molecular weight is 257 g/mol. The van der Waals surface area contributed by atoms with Crippen LogP contribution in [0, 0.1) is 0 Å². The van der Waals surface area contributed by atoms with E-state index in [-0.39, 0.29) is 5.91 Å². The highest BCUT2D eigenvalue weighted by Gasteiger charge is 2.30. The van der Waals surface area contributed by atoms with Crippen molar-refractivity contribution in [3.63, 3.8) is 0 Å². The molecule has 0 aromatic heterocycles. The molecule has 0 aromatic carbocycles. The average Bonchev–Trinajstić information content (AvgIpc) is 2.30. The highest BCUT2D eigenvalue weighted by atomic mass is 16.3. The van der Waals surface area contributed by atoms with Gasteiger partial charge in [0.1, 0.15) is 0 Å².